The first-order valence-corrected chi connectivity index (χ1v) is 5.63. The minimum absolute atomic E-state index is 0.120. The molecule has 17 heavy (non-hydrogen) atoms. The Morgan fingerprint density at radius 2 is 1.88 bits per heavy atom. The van der Waals surface area contributed by atoms with E-state index in [1.54, 1.807) is 0 Å². The van der Waals surface area contributed by atoms with Gasteiger partial charge in [-0.25, -0.2) is 0 Å². The van der Waals surface area contributed by atoms with E-state index in [0.29, 0.717) is 5.84 Å². The number of amidine groups is 1. The fourth-order valence-electron chi connectivity index (χ4n) is 1.31. The number of benzene rings is 1. The molecule has 0 spiro atoms. The van der Waals surface area contributed by atoms with Crippen LogP contribution in [0.3, 0.4) is 0 Å². The molecule has 0 aliphatic rings. The van der Waals surface area contributed by atoms with Gasteiger partial charge < -0.3 is 15.9 Å². The third kappa shape index (κ3) is 4.87. The van der Waals surface area contributed by atoms with Crippen molar-refractivity contribution in [2.75, 3.05) is 7.11 Å². The Balaban J connectivity index is 2.65. The first-order valence-electron chi connectivity index (χ1n) is 5.63. The molecule has 4 heteroatoms. The van der Waals surface area contributed by atoms with Crippen LogP contribution in [0.2, 0.25) is 0 Å². The van der Waals surface area contributed by atoms with Gasteiger partial charge >= 0.3 is 0 Å². The molecule has 0 heterocycles. The van der Waals surface area contributed by atoms with Crippen LogP contribution in [-0.4, -0.2) is 18.5 Å². The van der Waals surface area contributed by atoms with Gasteiger partial charge in [0.1, 0.15) is 7.11 Å². The quantitative estimate of drug-likeness (QED) is 0.475. The lowest BCUT2D eigenvalue weighted by atomic mass is 10.1. The summed E-state index contributed by atoms with van der Waals surface area (Å²) in [6.07, 6.45) is 0. The van der Waals surface area contributed by atoms with E-state index in [1.165, 1.54) is 12.7 Å². The number of hydrogen-bond acceptors (Lipinski definition) is 3. The van der Waals surface area contributed by atoms with Gasteiger partial charge in [-0.2, -0.15) is 0 Å². The van der Waals surface area contributed by atoms with Gasteiger partial charge in [0, 0.05) is 17.6 Å². The second-order valence-electron chi connectivity index (χ2n) is 4.96. The van der Waals surface area contributed by atoms with Crippen LogP contribution < -0.4 is 11.1 Å². The largest absolute Gasteiger partial charge is 0.397 e. The number of nitrogens with zero attached hydrogens (tertiary/aromatic N) is 1. The van der Waals surface area contributed by atoms with Crippen molar-refractivity contribution in [1.29, 1.82) is 0 Å². The van der Waals surface area contributed by atoms with Gasteiger partial charge in [-0.3, -0.25) is 0 Å². The summed E-state index contributed by atoms with van der Waals surface area (Å²) in [7, 11) is 1.48. The molecule has 0 aliphatic heterocycles. The minimum atomic E-state index is 0.120. The average Bonchev–Trinajstić information content (AvgIpc) is 2.26. The van der Waals surface area contributed by atoms with Gasteiger partial charge in [0.15, 0.2) is 5.84 Å². The fraction of sp³-hybridized carbons (Fsp3) is 0.462. The molecular weight excluding hydrogens is 214 g/mol. The Morgan fingerprint density at radius 3 is 2.35 bits per heavy atom. The number of nitrogens with one attached hydrogen (secondary N) is 1. The number of hydrogen-bond donors (Lipinski definition) is 2. The van der Waals surface area contributed by atoms with E-state index in [9.17, 15) is 0 Å². The van der Waals surface area contributed by atoms with Crippen molar-refractivity contribution in [1.82, 2.24) is 5.32 Å². The van der Waals surface area contributed by atoms with Gasteiger partial charge in [0.2, 0.25) is 0 Å². The molecule has 1 aromatic carbocycles. The van der Waals surface area contributed by atoms with Crippen molar-refractivity contribution in [3.8, 4) is 0 Å². The molecule has 0 aliphatic carbocycles. The van der Waals surface area contributed by atoms with E-state index in [-0.39, 0.29) is 5.54 Å². The topological polar surface area (TPSA) is 59.6 Å². The van der Waals surface area contributed by atoms with E-state index in [2.05, 4.69) is 36.1 Å². The maximum Gasteiger partial charge on any atom is 0.170 e. The summed E-state index contributed by atoms with van der Waals surface area (Å²) in [6.45, 7) is 7.27. The second kappa shape index (κ2) is 5.68. The monoisotopic (exact) mass is 235 g/mol. The Bertz CT molecular complexity index is 377. The lowest BCUT2D eigenvalue weighted by molar-refractivity contribution is 0.213. The van der Waals surface area contributed by atoms with E-state index in [4.69, 9.17) is 5.73 Å². The fourth-order valence-corrected chi connectivity index (χ4v) is 1.31. The predicted octanol–water partition coefficient (Wildman–Crippen LogP) is 1.84. The van der Waals surface area contributed by atoms with Gasteiger partial charge in [0.25, 0.3) is 0 Å². The standard InChI is InChI=1S/C13H21N3O/c1-13(2,3)15-9-10-5-7-11(8-6-10)12(14)16-17-4/h5-8,15H,9H2,1-4H3,(H2,14,16). The van der Waals surface area contributed by atoms with Gasteiger partial charge in [-0.05, 0) is 26.3 Å². The summed E-state index contributed by atoms with van der Waals surface area (Å²) in [5.74, 6) is 0.392. The first-order chi connectivity index (χ1) is 7.92. The predicted molar refractivity (Wildman–Crippen MR) is 70.8 cm³/mol. The molecule has 3 N–H and O–H groups in total. The normalized spacial score (nSPS) is 12.6. The van der Waals surface area contributed by atoms with Gasteiger partial charge in [-0.1, -0.05) is 29.4 Å². The van der Waals surface area contributed by atoms with Gasteiger partial charge in [0.05, 0.1) is 0 Å². The molecule has 94 valence electrons. The lowest BCUT2D eigenvalue weighted by Crippen LogP contribution is -2.35. The Kier molecular flexibility index (Phi) is 4.52. The van der Waals surface area contributed by atoms with Crippen LogP contribution in [0.4, 0.5) is 0 Å². The molecule has 1 rings (SSSR count). The first kappa shape index (κ1) is 13.5. The summed E-state index contributed by atoms with van der Waals surface area (Å²) in [5.41, 5.74) is 7.91. The third-order valence-electron chi connectivity index (χ3n) is 2.26. The minimum Gasteiger partial charge on any atom is -0.397 e. The highest BCUT2D eigenvalue weighted by Crippen LogP contribution is 2.07. The van der Waals surface area contributed by atoms with Crippen molar-refractivity contribution in [2.24, 2.45) is 10.9 Å². The summed E-state index contributed by atoms with van der Waals surface area (Å²) in [6, 6.07) is 7.95. The van der Waals surface area contributed by atoms with Crippen LogP contribution in [0.5, 0.6) is 0 Å². The number of rotatable bonds is 4. The van der Waals surface area contributed by atoms with E-state index in [1.807, 2.05) is 24.3 Å². The van der Waals surface area contributed by atoms with Crippen LogP contribution in [0, 0.1) is 0 Å². The van der Waals surface area contributed by atoms with E-state index >= 15 is 0 Å². The molecule has 0 aromatic heterocycles. The summed E-state index contributed by atoms with van der Waals surface area (Å²) >= 11 is 0. The van der Waals surface area contributed by atoms with Crippen LogP contribution in [0.25, 0.3) is 0 Å². The third-order valence-corrected chi connectivity index (χ3v) is 2.26. The van der Waals surface area contributed by atoms with Crippen LogP contribution >= 0.6 is 0 Å². The Morgan fingerprint density at radius 1 is 1.29 bits per heavy atom. The molecule has 0 radical (unpaired) electrons. The molecule has 0 saturated heterocycles. The lowest BCUT2D eigenvalue weighted by Gasteiger charge is -2.20. The van der Waals surface area contributed by atoms with Crippen molar-refractivity contribution in [2.45, 2.75) is 32.9 Å². The second-order valence-corrected chi connectivity index (χ2v) is 4.96. The van der Waals surface area contributed by atoms with Gasteiger partial charge in [-0.15, -0.1) is 0 Å². The molecule has 0 atom stereocenters. The van der Waals surface area contributed by atoms with Crippen molar-refractivity contribution >= 4 is 5.84 Å². The zero-order chi connectivity index (χ0) is 12.9. The van der Waals surface area contributed by atoms with Crippen molar-refractivity contribution < 1.29 is 4.84 Å². The van der Waals surface area contributed by atoms with Crippen molar-refractivity contribution in [3.05, 3.63) is 35.4 Å². The molecule has 0 amide bonds. The average molecular weight is 235 g/mol. The maximum atomic E-state index is 5.71. The van der Waals surface area contributed by atoms with Crippen LogP contribution in [0.15, 0.2) is 29.4 Å². The highest BCUT2D eigenvalue weighted by molar-refractivity contribution is 5.97. The highest BCUT2D eigenvalue weighted by atomic mass is 16.6. The maximum absolute atomic E-state index is 5.71. The Hall–Kier alpha value is -1.55. The molecule has 0 fully saturated rings. The molecular formula is C13H21N3O. The molecule has 0 bridgehead atoms. The molecule has 4 nitrogen and oxygen atoms in total. The van der Waals surface area contributed by atoms with Crippen LogP contribution in [0.1, 0.15) is 31.9 Å². The summed E-state index contributed by atoms with van der Waals surface area (Å²) in [5, 5.41) is 7.11. The summed E-state index contributed by atoms with van der Waals surface area (Å²) in [4.78, 5) is 4.63. The highest BCUT2D eigenvalue weighted by Gasteiger charge is 2.08. The Labute approximate surface area is 103 Å². The van der Waals surface area contributed by atoms with Crippen molar-refractivity contribution in [3.63, 3.8) is 0 Å². The number of oxime groups is 1. The molecule has 0 unspecified atom stereocenters. The zero-order valence-electron chi connectivity index (χ0n) is 10.9. The summed E-state index contributed by atoms with van der Waals surface area (Å²) < 4.78 is 0. The number of nitrogens with two attached hydrogens (primary N) is 1. The molecule has 1 aromatic rings. The zero-order valence-corrected chi connectivity index (χ0v) is 10.9. The smallest absolute Gasteiger partial charge is 0.170 e. The van der Waals surface area contributed by atoms with Crippen LogP contribution in [-0.2, 0) is 11.4 Å². The van der Waals surface area contributed by atoms with E-state index < -0.39 is 0 Å². The van der Waals surface area contributed by atoms with E-state index in [0.717, 1.165) is 12.1 Å². The molecule has 0 saturated carbocycles. The SMILES string of the molecule is CO/N=C(\N)c1ccc(CNC(C)(C)C)cc1.